The summed E-state index contributed by atoms with van der Waals surface area (Å²) in [6.45, 7) is 6.30. The van der Waals surface area contributed by atoms with E-state index in [1.165, 1.54) is 12.1 Å². The molecule has 2 amide bonds. The van der Waals surface area contributed by atoms with Crippen molar-refractivity contribution in [1.29, 1.82) is 0 Å². The van der Waals surface area contributed by atoms with Crippen molar-refractivity contribution in [3.05, 3.63) is 47.3 Å². The van der Waals surface area contributed by atoms with Crippen LogP contribution in [-0.4, -0.2) is 26.9 Å². The van der Waals surface area contributed by atoms with Crippen molar-refractivity contribution in [2.75, 3.05) is 5.32 Å². The topological polar surface area (TPSA) is 76.0 Å². The molecule has 0 saturated heterocycles. The normalized spacial score (nSPS) is 13.8. The highest BCUT2D eigenvalue weighted by Gasteiger charge is 2.29. The second kappa shape index (κ2) is 6.90. The van der Waals surface area contributed by atoms with Crippen LogP contribution in [0.5, 0.6) is 0 Å². The molecule has 1 aliphatic rings. The highest BCUT2D eigenvalue weighted by atomic mass is 19.1. The lowest BCUT2D eigenvalue weighted by Crippen LogP contribution is -2.42. The fraction of sp³-hybridized carbons (Fsp3) is 0.421. The molecule has 3 rings (SSSR count). The molecule has 1 aromatic carbocycles. The first kappa shape index (κ1) is 18.1. The summed E-state index contributed by atoms with van der Waals surface area (Å²) >= 11 is 0. The molecular weight excluding hydrogens is 335 g/mol. The highest BCUT2D eigenvalue weighted by Crippen LogP contribution is 2.23. The minimum atomic E-state index is -0.514. The minimum Gasteiger partial charge on any atom is -0.345 e. The van der Waals surface area contributed by atoms with Gasteiger partial charge in [0.25, 0.3) is 11.8 Å². The van der Waals surface area contributed by atoms with Crippen LogP contribution in [0.2, 0.25) is 0 Å². The van der Waals surface area contributed by atoms with E-state index in [4.69, 9.17) is 0 Å². The van der Waals surface area contributed by atoms with Gasteiger partial charge in [0.1, 0.15) is 5.82 Å². The number of amides is 2. The fourth-order valence-electron chi connectivity index (χ4n) is 3.04. The zero-order valence-corrected chi connectivity index (χ0v) is 15.2. The van der Waals surface area contributed by atoms with Crippen LogP contribution >= 0.6 is 0 Å². The van der Waals surface area contributed by atoms with Crippen molar-refractivity contribution >= 4 is 17.5 Å². The van der Waals surface area contributed by atoms with Crippen LogP contribution in [0, 0.1) is 5.82 Å². The van der Waals surface area contributed by atoms with Crippen molar-refractivity contribution in [3.8, 4) is 0 Å². The van der Waals surface area contributed by atoms with Gasteiger partial charge in [-0.2, -0.15) is 0 Å². The number of rotatable bonds is 3. The van der Waals surface area contributed by atoms with Gasteiger partial charge in [0.15, 0.2) is 11.5 Å². The number of nitrogens with one attached hydrogen (secondary N) is 2. The Morgan fingerprint density at radius 3 is 2.58 bits per heavy atom. The Morgan fingerprint density at radius 2 is 1.88 bits per heavy atom. The molecule has 0 radical (unpaired) electrons. The Hall–Kier alpha value is -2.70. The largest absolute Gasteiger partial charge is 0.345 e. The van der Waals surface area contributed by atoms with Gasteiger partial charge in [-0.05, 0) is 52.2 Å². The van der Waals surface area contributed by atoms with Gasteiger partial charge in [-0.1, -0.05) is 12.1 Å². The Labute approximate surface area is 151 Å². The number of hydrogen-bond donors (Lipinski definition) is 2. The van der Waals surface area contributed by atoms with Gasteiger partial charge in [0.2, 0.25) is 0 Å². The van der Waals surface area contributed by atoms with Gasteiger partial charge in [-0.3, -0.25) is 9.59 Å². The van der Waals surface area contributed by atoms with Crippen molar-refractivity contribution in [2.45, 2.75) is 52.1 Å². The number of anilines is 1. The zero-order chi connectivity index (χ0) is 18.9. The molecule has 6 nitrogen and oxygen atoms in total. The summed E-state index contributed by atoms with van der Waals surface area (Å²) in [4.78, 5) is 29.6. The third-order valence-electron chi connectivity index (χ3n) is 4.15. The molecule has 0 aliphatic carbocycles. The number of fused-ring (bicyclic) bond motifs is 1. The molecule has 2 heterocycles. The summed E-state index contributed by atoms with van der Waals surface area (Å²) < 4.78 is 15.6. The smallest absolute Gasteiger partial charge is 0.287 e. The lowest BCUT2D eigenvalue weighted by Gasteiger charge is -2.22. The molecule has 0 atom stereocenters. The zero-order valence-electron chi connectivity index (χ0n) is 15.2. The number of hydrogen-bond acceptors (Lipinski definition) is 3. The van der Waals surface area contributed by atoms with E-state index in [0.717, 1.165) is 18.5 Å². The fourth-order valence-corrected chi connectivity index (χ4v) is 3.04. The minimum absolute atomic E-state index is 0.0933. The SMILES string of the molecule is CC(C)(C)NC(=O)c1nc(C(=O)Nc2ccccc2F)c2n1CCCC2. The van der Waals surface area contributed by atoms with Crippen molar-refractivity contribution in [1.82, 2.24) is 14.9 Å². The number of halogens is 1. The summed E-state index contributed by atoms with van der Waals surface area (Å²) in [5.41, 5.74) is 0.597. The van der Waals surface area contributed by atoms with Gasteiger partial charge < -0.3 is 15.2 Å². The number of carbonyl (C=O) groups excluding carboxylic acids is 2. The number of para-hydroxylation sites is 1. The van der Waals surface area contributed by atoms with E-state index in [0.29, 0.717) is 13.0 Å². The average Bonchev–Trinajstić information content (AvgIpc) is 2.95. The Bertz CT molecular complexity index is 852. The molecule has 138 valence electrons. The van der Waals surface area contributed by atoms with Crippen LogP contribution in [0.25, 0.3) is 0 Å². The quantitative estimate of drug-likeness (QED) is 0.885. The first-order chi connectivity index (χ1) is 12.3. The molecule has 0 spiro atoms. The third kappa shape index (κ3) is 3.76. The lowest BCUT2D eigenvalue weighted by molar-refractivity contribution is 0.0903. The highest BCUT2D eigenvalue weighted by molar-refractivity contribution is 6.05. The summed E-state index contributed by atoms with van der Waals surface area (Å²) in [5.74, 6) is -1.10. The lowest BCUT2D eigenvalue weighted by atomic mass is 10.1. The molecular formula is C19H23FN4O2. The molecule has 0 unspecified atom stereocenters. The van der Waals surface area contributed by atoms with E-state index < -0.39 is 17.3 Å². The summed E-state index contributed by atoms with van der Waals surface area (Å²) in [7, 11) is 0. The van der Waals surface area contributed by atoms with Gasteiger partial charge in [0.05, 0.1) is 11.4 Å². The van der Waals surface area contributed by atoms with Crippen LogP contribution in [-0.2, 0) is 13.0 Å². The van der Waals surface area contributed by atoms with E-state index in [2.05, 4.69) is 15.6 Å². The Balaban J connectivity index is 1.93. The first-order valence-corrected chi connectivity index (χ1v) is 8.74. The summed E-state index contributed by atoms with van der Waals surface area (Å²) in [6.07, 6.45) is 2.51. The number of carbonyl (C=O) groups is 2. The molecule has 26 heavy (non-hydrogen) atoms. The number of aromatic nitrogens is 2. The molecule has 7 heteroatoms. The van der Waals surface area contributed by atoms with Gasteiger partial charge >= 0.3 is 0 Å². The predicted molar refractivity (Wildman–Crippen MR) is 96.7 cm³/mol. The second-order valence-electron chi connectivity index (χ2n) is 7.48. The third-order valence-corrected chi connectivity index (χ3v) is 4.15. The van der Waals surface area contributed by atoms with Crippen molar-refractivity contribution in [2.24, 2.45) is 0 Å². The van der Waals surface area contributed by atoms with E-state index in [-0.39, 0.29) is 23.1 Å². The van der Waals surface area contributed by atoms with E-state index in [1.54, 1.807) is 16.7 Å². The maximum atomic E-state index is 13.8. The van der Waals surface area contributed by atoms with Gasteiger partial charge in [-0.15, -0.1) is 0 Å². The Morgan fingerprint density at radius 1 is 1.15 bits per heavy atom. The van der Waals surface area contributed by atoms with Crippen LogP contribution in [0.4, 0.5) is 10.1 Å². The maximum Gasteiger partial charge on any atom is 0.287 e. The van der Waals surface area contributed by atoms with E-state index in [9.17, 15) is 14.0 Å². The number of imidazole rings is 1. The summed E-state index contributed by atoms with van der Waals surface area (Å²) in [5, 5.41) is 5.44. The van der Waals surface area contributed by atoms with Crippen LogP contribution in [0.15, 0.2) is 24.3 Å². The molecule has 0 saturated carbocycles. The summed E-state index contributed by atoms with van der Waals surface area (Å²) in [6, 6.07) is 5.96. The second-order valence-corrected chi connectivity index (χ2v) is 7.48. The monoisotopic (exact) mass is 358 g/mol. The maximum absolute atomic E-state index is 13.8. The average molecular weight is 358 g/mol. The molecule has 1 aliphatic heterocycles. The van der Waals surface area contributed by atoms with E-state index in [1.807, 2.05) is 20.8 Å². The standard InChI is InChI=1S/C19H23FN4O2/c1-19(2,3)23-18(26)16-22-15(14-10-6-7-11-24(14)16)17(25)21-13-9-5-4-8-12(13)20/h4-5,8-9H,6-7,10-11H2,1-3H3,(H,21,25)(H,23,26). The van der Waals surface area contributed by atoms with Crippen molar-refractivity contribution in [3.63, 3.8) is 0 Å². The molecule has 0 bridgehead atoms. The van der Waals surface area contributed by atoms with Gasteiger partial charge in [-0.25, -0.2) is 9.37 Å². The van der Waals surface area contributed by atoms with Crippen molar-refractivity contribution < 1.29 is 14.0 Å². The number of nitrogens with zero attached hydrogens (tertiary/aromatic N) is 2. The molecule has 2 N–H and O–H groups in total. The Kier molecular flexibility index (Phi) is 4.80. The van der Waals surface area contributed by atoms with Crippen LogP contribution < -0.4 is 10.6 Å². The van der Waals surface area contributed by atoms with Crippen LogP contribution in [0.3, 0.4) is 0 Å². The molecule has 0 fully saturated rings. The predicted octanol–water partition coefficient (Wildman–Crippen LogP) is 3.14. The first-order valence-electron chi connectivity index (χ1n) is 8.74. The number of benzene rings is 1. The van der Waals surface area contributed by atoms with Crippen LogP contribution in [0.1, 0.15) is 60.4 Å². The van der Waals surface area contributed by atoms with Gasteiger partial charge in [0, 0.05) is 12.1 Å². The van der Waals surface area contributed by atoms with E-state index >= 15 is 0 Å². The molecule has 1 aromatic heterocycles. The molecule has 2 aromatic rings.